The molecule has 2 aromatic rings. The molecule has 2 rings (SSSR count). The SMILES string of the molecule is NCc1ncc(-c2ccccc2Cl)c(=O)[nH]1. The first-order chi connectivity index (χ1) is 7.72. The molecule has 82 valence electrons. The maximum absolute atomic E-state index is 11.7. The van der Waals surface area contributed by atoms with Crippen molar-refractivity contribution in [3.05, 3.63) is 51.7 Å². The predicted octanol–water partition coefficient (Wildman–Crippen LogP) is 1.55. The number of hydrogen-bond acceptors (Lipinski definition) is 3. The number of benzene rings is 1. The van der Waals surface area contributed by atoms with Gasteiger partial charge in [0.15, 0.2) is 0 Å². The molecule has 3 N–H and O–H groups in total. The Balaban J connectivity index is 2.58. The minimum atomic E-state index is -0.233. The summed E-state index contributed by atoms with van der Waals surface area (Å²) in [5.74, 6) is 0.459. The fourth-order valence-corrected chi connectivity index (χ4v) is 1.64. The van der Waals surface area contributed by atoms with Gasteiger partial charge in [0.05, 0.1) is 12.1 Å². The molecule has 1 heterocycles. The average molecular weight is 236 g/mol. The zero-order valence-corrected chi connectivity index (χ0v) is 9.16. The molecule has 16 heavy (non-hydrogen) atoms. The summed E-state index contributed by atoms with van der Waals surface area (Å²) in [5.41, 5.74) is 6.26. The molecule has 4 nitrogen and oxygen atoms in total. The van der Waals surface area contributed by atoms with Crippen molar-refractivity contribution in [1.29, 1.82) is 0 Å². The van der Waals surface area contributed by atoms with Gasteiger partial charge in [-0.3, -0.25) is 4.79 Å². The normalized spacial score (nSPS) is 10.4. The van der Waals surface area contributed by atoms with Crippen molar-refractivity contribution in [1.82, 2.24) is 9.97 Å². The van der Waals surface area contributed by atoms with Gasteiger partial charge in [-0.2, -0.15) is 0 Å². The Kier molecular flexibility index (Phi) is 3.03. The van der Waals surface area contributed by atoms with Crippen molar-refractivity contribution in [2.45, 2.75) is 6.54 Å². The Morgan fingerprint density at radius 2 is 2.06 bits per heavy atom. The molecule has 0 radical (unpaired) electrons. The number of aromatic amines is 1. The molecule has 0 aliphatic heterocycles. The quantitative estimate of drug-likeness (QED) is 0.830. The summed E-state index contributed by atoms with van der Waals surface area (Å²) in [6.45, 7) is 0.206. The second-order valence-corrected chi connectivity index (χ2v) is 3.66. The van der Waals surface area contributed by atoms with E-state index < -0.39 is 0 Å². The van der Waals surface area contributed by atoms with Gasteiger partial charge in [0.2, 0.25) is 0 Å². The monoisotopic (exact) mass is 235 g/mol. The number of nitrogens with one attached hydrogen (secondary N) is 1. The van der Waals surface area contributed by atoms with E-state index in [1.807, 2.05) is 12.1 Å². The summed E-state index contributed by atoms with van der Waals surface area (Å²) in [6, 6.07) is 7.13. The molecule has 5 heteroatoms. The van der Waals surface area contributed by atoms with Gasteiger partial charge in [-0.05, 0) is 6.07 Å². The highest BCUT2D eigenvalue weighted by Crippen LogP contribution is 2.23. The fourth-order valence-electron chi connectivity index (χ4n) is 1.41. The van der Waals surface area contributed by atoms with Gasteiger partial charge in [-0.25, -0.2) is 4.98 Å². The smallest absolute Gasteiger partial charge is 0.258 e. The molecule has 0 aliphatic rings. The maximum atomic E-state index is 11.7. The molecule has 0 spiro atoms. The second kappa shape index (κ2) is 4.47. The highest BCUT2D eigenvalue weighted by Gasteiger charge is 2.07. The summed E-state index contributed by atoms with van der Waals surface area (Å²) in [6.07, 6.45) is 1.49. The van der Waals surface area contributed by atoms with E-state index in [-0.39, 0.29) is 12.1 Å². The van der Waals surface area contributed by atoms with E-state index in [1.54, 1.807) is 12.1 Å². The largest absolute Gasteiger partial charge is 0.324 e. The van der Waals surface area contributed by atoms with Crippen LogP contribution >= 0.6 is 11.6 Å². The van der Waals surface area contributed by atoms with Gasteiger partial charge in [0.25, 0.3) is 5.56 Å². The lowest BCUT2D eigenvalue weighted by molar-refractivity contribution is 0.895. The molecule has 0 atom stereocenters. The van der Waals surface area contributed by atoms with Gasteiger partial charge >= 0.3 is 0 Å². The Bertz CT molecular complexity index is 565. The Morgan fingerprint density at radius 3 is 2.69 bits per heavy atom. The van der Waals surface area contributed by atoms with Crippen LogP contribution in [0.15, 0.2) is 35.3 Å². The van der Waals surface area contributed by atoms with E-state index >= 15 is 0 Å². The van der Waals surface area contributed by atoms with Gasteiger partial charge < -0.3 is 10.7 Å². The number of H-pyrrole nitrogens is 1. The summed E-state index contributed by atoms with van der Waals surface area (Å²) in [5, 5.41) is 0.523. The van der Waals surface area contributed by atoms with Crippen LogP contribution in [0, 0.1) is 0 Å². The molecule has 0 amide bonds. The molecule has 1 aromatic carbocycles. The van der Waals surface area contributed by atoms with Gasteiger partial charge in [0.1, 0.15) is 5.82 Å². The van der Waals surface area contributed by atoms with Crippen LogP contribution in [-0.2, 0) is 6.54 Å². The summed E-state index contributed by atoms with van der Waals surface area (Å²) >= 11 is 6.00. The minimum Gasteiger partial charge on any atom is -0.324 e. The minimum absolute atomic E-state index is 0.206. The maximum Gasteiger partial charge on any atom is 0.258 e. The molecular formula is C11H10ClN3O. The molecule has 0 bridgehead atoms. The fraction of sp³-hybridized carbons (Fsp3) is 0.0909. The van der Waals surface area contributed by atoms with Gasteiger partial charge in [-0.1, -0.05) is 29.8 Å². The predicted molar refractivity (Wildman–Crippen MR) is 63.2 cm³/mol. The zero-order valence-electron chi connectivity index (χ0n) is 8.40. The standard InChI is InChI=1S/C11H10ClN3O/c12-9-4-2-1-3-7(9)8-6-14-10(5-13)15-11(8)16/h1-4,6H,5,13H2,(H,14,15,16). The number of nitrogens with two attached hydrogens (primary N) is 1. The van der Waals surface area contributed by atoms with Gasteiger partial charge in [-0.15, -0.1) is 0 Å². The van der Waals surface area contributed by atoms with Crippen LogP contribution in [0.25, 0.3) is 11.1 Å². The van der Waals surface area contributed by atoms with Crippen molar-refractivity contribution in [3.63, 3.8) is 0 Å². The van der Waals surface area contributed by atoms with Crippen LogP contribution in [-0.4, -0.2) is 9.97 Å². The van der Waals surface area contributed by atoms with Crippen LogP contribution in [0.1, 0.15) is 5.82 Å². The highest BCUT2D eigenvalue weighted by atomic mass is 35.5. The number of hydrogen-bond donors (Lipinski definition) is 2. The van der Waals surface area contributed by atoms with Crippen molar-refractivity contribution < 1.29 is 0 Å². The second-order valence-electron chi connectivity index (χ2n) is 3.26. The van der Waals surface area contributed by atoms with Crippen molar-refractivity contribution in [2.24, 2.45) is 5.73 Å². The van der Waals surface area contributed by atoms with Crippen LogP contribution in [0.4, 0.5) is 0 Å². The highest BCUT2D eigenvalue weighted by molar-refractivity contribution is 6.33. The molecule has 0 unspecified atom stereocenters. The van der Waals surface area contributed by atoms with E-state index in [9.17, 15) is 4.79 Å². The number of halogens is 1. The molecule has 0 saturated heterocycles. The molecule has 1 aromatic heterocycles. The zero-order chi connectivity index (χ0) is 11.5. The lowest BCUT2D eigenvalue weighted by atomic mass is 10.1. The molecular weight excluding hydrogens is 226 g/mol. The van der Waals surface area contributed by atoms with Crippen LogP contribution < -0.4 is 11.3 Å². The third-order valence-electron chi connectivity index (χ3n) is 2.21. The van der Waals surface area contributed by atoms with Crippen molar-refractivity contribution >= 4 is 11.6 Å². The molecule has 0 aliphatic carbocycles. The average Bonchev–Trinajstić information content (AvgIpc) is 2.30. The van der Waals surface area contributed by atoms with Gasteiger partial charge in [0, 0.05) is 16.8 Å². The topological polar surface area (TPSA) is 71.8 Å². The number of rotatable bonds is 2. The number of nitrogens with zero attached hydrogens (tertiary/aromatic N) is 1. The lowest BCUT2D eigenvalue weighted by Gasteiger charge is -2.03. The Labute approximate surface area is 97.1 Å². The van der Waals surface area contributed by atoms with Crippen molar-refractivity contribution in [3.8, 4) is 11.1 Å². The van der Waals surface area contributed by atoms with E-state index in [0.29, 0.717) is 22.0 Å². The van der Waals surface area contributed by atoms with Crippen LogP contribution in [0.5, 0.6) is 0 Å². The summed E-state index contributed by atoms with van der Waals surface area (Å²) < 4.78 is 0. The van der Waals surface area contributed by atoms with Crippen LogP contribution in [0.2, 0.25) is 5.02 Å². The Morgan fingerprint density at radius 1 is 1.31 bits per heavy atom. The first-order valence-corrected chi connectivity index (χ1v) is 5.13. The lowest BCUT2D eigenvalue weighted by Crippen LogP contribution is -2.15. The van der Waals surface area contributed by atoms with E-state index in [4.69, 9.17) is 17.3 Å². The molecule has 0 fully saturated rings. The Hall–Kier alpha value is -1.65. The van der Waals surface area contributed by atoms with E-state index in [2.05, 4.69) is 9.97 Å². The summed E-state index contributed by atoms with van der Waals surface area (Å²) in [4.78, 5) is 18.4. The van der Waals surface area contributed by atoms with Crippen molar-refractivity contribution in [2.75, 3.05) is 0 Å². The third-order valence-corrected chi connectivity index (χ3v) is 2.54. The first-order valence-electron chi connectivity index (χ1n) is 4.75. The third kappa shape index (κ3) is 1.98. The first kappa shape index (κ1) is 10.9. The van der Waals surface area contributed by atoms with E-state index in [1.165, 1.54) is 6.20 Å². The number of aromatic nitrogens is 2. The summed E-state index contributed by atoms with van der Waals surface area (Å²) in [7, 11) is 0. The van der Waals surface area contributed by atoms with E-state index in [0.717, 1.165) is 0 Å². The van der Waals surface area contributed by atoms with Crippen LogP contribution in [0.3, 0.4) is 0 Å². The molecule has 0 saturated carbocycles.